The highest BCUT2D eigenvalue weighted by molar-refractivity contribution is 5.47. The Bertz CT molecular complexity index is 565. The summed E-state index contributed by atoms with van der Waals surface area (Å²) in [5, 5.41) is 0. The average molecular weight is 285 g/mol. The van der Waals surface area contributed by atoms with Crippen molar-refractivity contribution in [3.8, 4) is 0 Å². The third kappa shape index (κ3) is 3.58. The van der Waals surface area contributed by atoms with Gasteiger partial charge in [-0.2, -0.15) is 0 Å². The zero-order valence-electron chi connectivity index (χ0n) is 12.1. The van der Waals surface area contributed by atoms with Crippen LogP contribution in [-0.2, 0) is 6.42 Å². The molecule has 2 heterocycles. The molecular formula is C17H20FN3. The summed E-state index contributed by atoms with van der Waals surface area (Å²) in [6, 6.07) is 11.2. The summed E-state index contributed by atoms with van der Waals surface area (Å²) in [5.41, 5.74) is 2.05. The molecular weight excluding hydrogens is 265 g/mol. The van der Waals surface area contributed by atoms with E-state index in [1.807, 2.05) is 24.5 Å². The first-order valence-electron chi connectivity index (χ1n) is 7.44. The summed E-state index contributed by atoms with van der Waals surface area (Å²) in [6.45, 7) is 4.79. The molecule has 2 aromatic rings. The molecule has 0 aliphatic carbocycles. The number of pyridine rings is 1. The fraction of sp³-hybridized carbons (Fsp3) is 0.353. The molecule has 0 unspecified atom stereocenters. The Hall–Kier alpha value is -1.94. The Morgan fingerprint density at radius 1 is 0.952 bits per heavy atom. The number of anilines is 1. The molecule has 1 aliphatic rings. The lowest BCUT2D eigenvalue weighted by atomic mass is 10.2. The zero-order valence-corrected chi connectivity index (χ0v) is 12.1. The SMILES string of the molecule is Fc1ccccc1N1CCN(CCc2ccncc2)CC1. The third-order valence-electron chi connectivity index (χ3n) is 4.03. The Morgan fingerprint density at radius 2 is 1.67 bits per heavy atom. The molecule has 110 valence electrons. The minimum Gasteiger partial charge on any atom is -0.367 e. The molecule has 0 spiro atoms. The molecule has 1 aliphatic heterocycles. The van der Waals surface area contributed by atoms with Crippen LogP contribution in [0.15, 0.2) is 48.8 Å². The second kappa shape index (κ2) is 6.68. The van der Waals surface area contributed by atoms with Crippen molar-refractivity contribution in [3.05, 3.63) is 60.2 Å². The first kappa shape index (κ1) is 14.0. The van der Waals surface area contributed by atoms with Crippen molar-refractivity contribution < 1.29 is 4.39 Å². The van der Waals surface area contributed by atoms with Gasteiger partial charge in [0.25, 0.3) is 0 Å². The van der Waals surface area contributed by atoms with Crippen LogP contribution in [-0.4, -0.2) is 42.6 Å². The highest BCUT2D eigenvalue weighted by Gasteiger charge is 2.18. The van der Waals surface area contributed by atoms with Gasteiger partial charge in [0.2, 0.25) is 0 Å². The number of hydrogen-bond donors (Lipinski definition) is 0. The molecule has 0 radical (unpaired) electrons. The van der Waals surface area contributed by atoms with E-state index >= 15 is 0 Å². The Morgan fingerprint density at radius 3 is 2.38 bits per heavy atom. The van der Waals surface area contributed by atoms with Gasteiger partial charge in [-0.15, -0.1) is 0 Å². The molecule has 0 atom stereocenters. The van der Waals surface area contributed by atoms with E-state index in [0.717, 1.165) is 44.8 Å². The zero-order chi connectivity index (χ0) is 14.5. The molecule has 3 nitrogen and oxygen atoms in total. The molecule has 1 aromatic carbocycles. The Kier molecular flexibility index (Phi) is 4.46. The van der Waals surface area contributed by atoms with Crippen LogP contribution in [0, 0.1) is 5.82 Å². The lowest BCUT2D eigenvalue weighted by Crippen LogP contribution is -2.47. The third-order valence-corrected chi connectivity index (χ3v) is 4.03. The van der Waals surface area contributed by atoms with Crippen molar-refractivity contribution in [1.29, 1.82) is 0 Å². The summed E-state index contributed by atoms with van der Waals surface area (Å²) < 4.78 is 13.8. The summed E-state index contributed by atoms with van der Waals surface area (Å²) in [5.74, 6) is -0.122. The van der Waals surface area contributed by atoms with Gasteiger partial charge in [-0.3, -0.25) is 9.88 Å². The maximum absolute atomic E-state index is 13.8. The quantitative estimate of drug-likeness (QED) is 0.861. The van der Waals surface area contributed by atoms with Gasteiger partial charge in [0, 0.05) is 45.1 Å². The molecule has 1 aromatic heterocycles. The van der Waals surface area contributed by atoms with E-state index in [1.165, 1.54) is 11.6 Å². The van der Waals surface area contributed by atoms with Gasteiger partial charge in [0.15, 0.2) is 0 Å². The van der Waals surface area contributed by atoms with Crippen LogP contribution >= 0.6 is 0 Å². The lowest BCUT2D eigenvalue weighted by Gasteiger charge is -2.36. The smallest absolute Gasteiger partial charge is 0.146 e. The maximum Gasteiger partial charge on any atom is 0.146 e. The Labute approximate surface area is 125 Å². The first-order chi connectivity index (χ1) is 10.3. The number of hydrogen-bond acceptors (Lipinski definition) is 3. The number of nitrogens with zero attached hydrogens (tertiary/aromatic N) is 3. The largest absolute Gasteiger partial charge is 0.367 e. The van der Waals surface area contributed by atoms with E-state index in [9.17, 15) is 4.39 Å². The van der Waals surface area contributed by atoms with E-state index in [-0.39, 0.29) is 5.82 Å². The average Bonchev–Trinajstić information content (AvgIpc) is 2.55. The van der Waals surface area contributed by atoms with Crippen LogP contribution in [0.3, 0.4) is 0 Å². The highest BCUT2D eigenvalue weighted by atomic mass is 19.1. The van der Waals surface area contributed by atoms with Crippen LogP contribution in [0.4, 0.5) is 10.1 Å². The van der Waals surface area contributed by atoms with Crippen molar-refractivity contribution >= 4 is 5.69 Å². The van der Waals surface area contributed by atoms with Crippen molar-refractivity contribution in [1.82, 2.24) is 9.88 Å². The fourth-order valence-corrected chi connectivity index (χ4v) is 2.76. The van der Waals surface area contributed by atoms with Crippen molar-refractivity contribution in [2.45, 2.75) is 6.42 Å². The van der Waals surface area contributed by atoms with Crippen LogP contribution in [0.5, 0.6) is 0 Å². The normalized spacial score (nSPS) is 16.1. The number of aromatic nitrogens is 1. The molecule has 0 N–H and O–H groups in total. The van der Waals surface area contributed by atoms with Crippen molar-refractivity contribution in [2.24, 2.45) is 0 Å². The first-order valence-corrected chi connectivity index (χ1v) is 7.44. The number of piperazine rings is 1. The predicted molar refractivity (Wildman–Crippen MR) is 83.0 cm³/mol. The van der Waals surface area contributed by atoms with Crippen LogP contribution < -0.4 is 4.90 Å². The molecule has 21 heavy (non-hydrogen) atoms. The topological polar surface area (TPSA) is 19.4 Å². The highest BCUT2D eigenvalue weighted by Crippen LogP contribution is 2.20. The standard InChI is InChI=1S/C17H20FN3/c18-16-3-1-2-4-17(16)21-13-11-20(12-14-21)10-7-15-5-8-19-9-6-15/h1-6,8-9H,7,10-14H2. The number of para-hydroxylation sites is 1. The van der Waals surface area contributed by atoms with Gasteiger partial charge in [-0.25, -0.2) is 4.39 Å². The molecule has 0 saturated carbocycles. The van der Waals surface area contributed by atoms with E-state index in [4.69, 9.17) is 0 Å². The van der Waals surface area contributed by atoms with Crippen molar-refractivity contribution in [3.63, 3.8) is 0 Å². The van der Waals surface area contributed by atoms with E-state index in [1.54, 1.807) is 6.07 Å². The molecule has 3 rings (SSSR count). The minimum absolute atomic E-state index is 0.122. The number of rotatable bonds is 4. The van der Waals surface area contributed by atoms with Gasteiger partial charge >= 0.3 is 0 Å². The van der Waals surface area contributed by atoms with Crippen LogP contribution in [0.2, 0.25) is 0 Å². The van der Waals surface area contributed by atoms with E-state index in [2.05, 4.69) is 26.9 Å². The van der Waals surface area contributed by atoms with E-state index < -0.39 is 0 Å². The van der Waals surface area contributed by atoms with Crippen LogP contribution in [0.25, 0.3) is 0 Å². The maximum atomic E-state index is 13.8. The number of halogens is 1. The molecule has 0 bridgehead atoms. The molecule has 1 saturated heterocycles. The summed E-state index contributed by atoms with van der Waals surface area (Å²) in [7, 11) is 0. The van der Waals surface area contributed by atoms with E-state index in [0.29, 0.717) is 0 Å². The Balaban J connectivity index is 1.50. The van der Waals surface area contributed by atoms with Crippen molar-refractivity contribution in [2.75, 3.05) is 37.6 Å². The number of benzene rings is 1. The monoisotopic (exact) mass is 285 g/mol. The summed E-state index contributed by atoms with van der Waals surface area (Å²) in [6.07, 6.45) is 4.72. The van der Waals surface area contributed by atoms with Crippen LogP contribution in [0.1, 0.15) is 5.56 Å². The van der Waals surface area contributed by atoms with Gasteiger partial charge in [0.05, 0.1) is 5.69 Å². The predicted octanol–water partition coefficient (Wildman–Crippen LogP) is 2.59. The fourth-order valence-electron chi connectivity index (χ4n) is 2.76. The lowest BCUT2D eigenvalue weighted by molar-refractivity contribution is 0.260. The minimum atomic E-state index is -0.122. The summed E-state index contributed by atoms with van der Waals surface area (Å²) >= 11 is 0. The van der Waals surface area contributed by atoms with Gasteiger partial charge in [-0.05, 0) is 36.2 Å². The summed E-state index contributed by atoms with van der Waals surface area (Å²) in [4.78, 5) is 8.62. The molecule has 0 amide bonds. The second-order valence-electron chi connectivity index (χ2n) is 5.39. The van der Waals surface area contributed by atoms with Gasteiger partial charge in [0.1, 0.15) is 5.82 Å². The molecule has 1 fully saturated rings. The molecule has 4 heteroatoms. The second-order valence-corrected chi connectivity index (χ2v) is 5.39. The van der Waals surface area contributed by atoms with Gasteiger partial charge in [-0.1, -0.05) is 12.1 Å². The van der Waals surface area contributed by atoms with Gasteiger partial charge < -0.3 is 4.90 Å².